The predicted octanol–water partition coefficient (Wildman–Crippen LogP) is 4.23. The van der Waals surface area contributed by atoms with Crippen molar-refractivity contribution in [1.82, 2.24) is 4.98 Å². The summed E-state index contributed by atoms with van der Waals surface area (Å²) in [5.74, 6) is -1.28. The van der Waals surface area contributed by atoms with Gasteiger partial charge in [0.05, 0.1) is 32.2 Å². The van der Waals surface area contributed by atoms with E-state index in [2.05, 4.69) is 4.98 Å². The second kappa shape index (κ2) is 5.76. The smallest absolute Gasteiger partial charge is 0.0785 e. The molecule has 0 spiro atoms. The summed E-state index contributed by atoms with van der Waals surface area (Å²) in [6.07, 6.45) is 0. The number of halogens is 3. The Bertz CT molecular complexity index is 909. The average Bonchev–Trinajstić information content (AvgIpc) is 2.51. The first-order valence-electron chi connectivity index (χ1n) is 6.24. The van der Waals surface area contributed by atoms with Crippen molar-refractivity contribution in [2.24, 2.45) is 0 Å². The zero-order valence-corrected chi connectivity index (χ0v) is 13.2. The zero-order chi connectivity index (χ0) is 15.9. The lowest BCUT2D eigenvalue weighted by Crippen LogP contribution is -2.22. The van der Waals surface area contributed by atoms with Crippen molar-refractivity contribution < 1.29 is 9.90 Å². The minimum Gasteiger partial charge on any atom is -0.545 e. The molecule has 3 rings (SSSR count). The lowest BCUT2D eigenvalue weighted by atomic mass is 10.0. The van der Waals surface area contributed by atoms with Crippen LogP contribution in [0.4, 0.5) is 0 Å². The number of pyridine rings is 1. The molecule has 3 aromatic rings. The van der Waals surface area contributed by atoms with E-state index in [9.17, 15) is 9.90 Å². The third kappa shape index (κ3) is 2.52. The summed E-state index contributed by atoms with van der Waals surface area (Å²) in [7, 11) is 0. The van der Waals surface area contributed by atoms with Crippen molar-refractivity contribution in [3.05, 3.63) is 63.1 Å². The Kier molecular flexibility index (Phi) is 3.96. The van der Waals surface area contributed by atoms with Gasteiger partial charge in [-0.3, -0.25) is 0 Å². The van der Waals surface area contributed by atoms with E-state index in [0.29, 0.717) is 27.2 Å². The summed E-state index contributed by atoms with van der Waals surface area (Å²) >= 11 is 18.1. The van der Waals surface area contributed by atoms with E-state index in [1.165, 1.54) is 6.07 Å². The Morgan fingerprint density at radius 1 is 1.00 bits per heavy atom. The van der Waals surface area contributed by atoms with Crippen LogP contribution in [0.15, 0.2) is 42.5 Å². The fraction of sp³-hybridized carbons (Fsp3) is 0. The summed E-state index contributed by atoms with van der Waals surface area (Å²) in [5, 5.41) is 12.6. The van der Waals surface area contributed by atoms with Gasteiger partial charge < -0.3 is 9.90 Å². The second-order valence-corrected chi connectivity index (χ2v) is 5.75. The van der Waals surface area contributed by atoms with E-state index in [1.54, 1.807) is 36.4 Å². The van der Waals surface area contributed by atoms with Gasteiger partial charge in [-0.2, -0.15) is 0 Å². The van der Waals surface area contributed by atoms with Crippen LogP contribution < -0.4 is 5.11 Å². The number of carboxylic acids is 1. The number of aromatic carboxylic acids is 1. The Labute approximate surface area is 141 Å². The number of hydrogen-bond acceptors (Lipinski definition) is 3. The summed E-state index contributed by atoms with van der Waals surface area (Å²) in [4.78, 5) is 15.8. The van der Waals surface area contributed by atoms with E-state index in [-0.39, 0.29) is 15.6 Å². The van der Waals surface area contributed by atoms with Gasteiger partial charge in [-0.15, -0.1) is 0 Å². The lowest BCUT2D eigenvalue weighted by Gasteiger charge is -2.12. The molecule has 0 fully saturated rings. The first-order valence-corrected chi connectivity index (χ1v) is 7.37. The number of nitrogens with zero attached hydrogens (tertiary/aromatic N) is 1. The Morgan fingerprint density at radius 3 is 2.45 bits per heavy atom. The fourth-order valence-electron chi connectivity index (χ4n) is 2.21. The van der Waals surface area contributed by atoms with Crippen LogP contribution in [0.1, 0.15) is 10.4 Å². The average molecular weight is 352 g/mol. The molecule has 0 radical (unpaired) electrons. The fourth-order valence-corrected chi connectivity index (χ4v) is 2.84. The molecule has 0 amide bonds. The highest BCUT2D eigenvalue weighted by Crippen LogP contribution is 2.38. The van der Waals surface area contributed by atoms with E-state index in [4.69, 9.17) is 34.8 Å². The van der Waals surface area contributed by atoms with Gasteiger partial charge in [-0.25, -0.2) is 4.98 Å². The van der Waals surface area contributed by atoms with Crippen molar-refractivity contribution in [3.63, 3.8) is 0 Å². The molecule has 0 aliphatic heterocycles. The maximum Gasteiger partial charge on any atom is 0.0785 e. The molecule has 3 nitrogen and oxygen atoms in total. The number of carbonyl (C=O) groups is 1. The van der Waals surface area contributed by atoms with Gasteiger partial charge in [-0.1, -0.05) is 53.0 Å². The normalized spacial score (nSPS) is 10.9. The number of fused-ring (bicyclic) bond motifs is 1. The molecular weight excluding hydrogens is 345 g/mol. The molecule has 0 aliphatic carbocycles. The van der Waals surface area contributed by atoms with E-state index < -0.39 is 5.97 Å². The molecule has 0 atom stereocenters. The maximum atomic E-state index is 11.4. The number of carbonyl (C=O) groups excluding carboxylic acids is 1. The number of para-hydroxylation sites is 1. The monoisotopic (exact) mass is 350 g/mol. The summed E-state index contributed by atoms with van der Waals surface area (Å²) < 4.78 is 0. The summed E-state index contributed by atoms with van der Waals surface area (Å²) in [6.45, 7) is 0. The minimum absolute atomic E-state index is 0.0442. The molecule has 0 saturated carbocycles. The molecule has 0 N–H and O–H groups in total. The van der Waals surface area contributed by atoms with Crippen LogP contribution in [0.2, 0.25) is 15.1 Å². The van der Waals surface area contributed by atoms with Crippen molar-refractivity contribution >= 4 is 51.7 Å². The molecule has 1 heterocycles. The van der Waals surface area contributed by atoms with Gasteiger partial charge in [-0.05, 0) is 24.3 Å². The van der Waals surface area contributed by atoms with Crippen molar-refractivity contribution in [2.45, 2.75) is 0 Å². The highest BCUT2D eigenvalue weighted by molar-refractivity contribution is 6.49. The van der Waals surface area contributed by atoms with Crippen LogP contribution in [-0.4, -0.2) is 11.0 Å². The van der Waals surface area contributed by atoms with Crippen LogP contribution >= 0.6 is 34.8 Å². The van der Waals surface area contributed by atoms with Crippen LogP contribution in [-0.2, 0) is 0 Å². The lowest BCUT2D eigenvalue weighted by molar-refractivity contribution is -0.254. The Hall–Kier alpha value is -1.81. The van der Waals surface area contributed by atoms with Crippen LogP contribution in [0.25, 0.3) is 22.2 Å². The van der Waals surface area contributed by atoms with Crippen LogP contribution in [0.3, 0.4) is 0 Å². The standard InChI is InChI=1S/C16H8Cl3NO2/c17-11-6-5-9(14(18)15(11)19)13-7-10(16(21)22)8-3-1-2-4-12(8)20-13/h1-7H,(H,21,22)/p-1. The molecular formula is C16H7Cl3NO2-. The van der Waals surface area contributed by atoms with Crippen molar-refractivity contribution in [3.8, 4) is 11.3 Å². The molecule has 1 aromatic heterocycles. The topological polar surface area (TPSA) is 53.0 Å². The third-order valence-electron chi connectivity index (χ3n) is 3.25. The SMILES string of the molecule is O=C([O-])c1cc(-c2ccc(Cl)c(Cl)c2Cl)nc2ccccc12. The second-order valence-electron chi connectivity index (χ2n) is 4.58. The molecule has 0 unspecified atom stereocenters. The summed E-state index contributed by atoms with van der Waals surface area (Å²) in [6, 6.07) is 11.6. The number of benzene rings is 2. The number of rotatable bonds is 2. The van der Waals surface area contributed by atoms with Gasteiger partial charge in [0.15, 0.2) is 0 Å². The number of carboxylic acid groups (broad SMARTS) is 1. The zero-order valence-electron chi connectivity index (χ0n) is 10.9. The molecule has 110 valence electrons. The summed E-state index contributed by atoms with van der Waals surface area (Å²) in [5.41, 5.74) is 1.47. The highest BCUT2D eigenvalue weighted by Gasteiger charge is 2.14. The molecule has 2 aromatic carbocycles. The Morgan fingerprint density at radius 2 is 1.73 bits per heavy atom. The highest BCUT2D eigenvalue weighted by atomic mass is 35.5. The molecule has 0 aliphatic rings. The number of aromatic nitrogens is 1. The van der Waals surface area contributed by atoms with Crippen LogP contribution in [0, 0.1) is 0 Å². The van der Waals surface area contributed by atoms with E-state index in [1.807, 2.05) is 0 Å². The van der Waals surface area contributed by atoms with Gasteiger partial charge >= 0.3 is 0 Å². The van der Waals surface area contributed by atoms with Gasteiger partial charge in [0.2, 0.25) is 0 Å². The predicted molar refractivity (Wildman–Crippen MR) is 86.5 cm³/mol. The first kappa shape index (κ1) is 15.1. The van der Waals surface area contributed by atoms with Gasteiger partial charge in [0, 0.05) is 16.5 Å². The molecule has 0 saturated heterocycles. The number of hydrogen-bond donors (Lipinski definition) is 0. The Balaban J connectivity index is 2.33. The minimum atomic E-state index is -1.28. The quantitative estimate of drug-likeness (QED) is 0.649. The van der Waals surface area contributed by atoms with E-state index >= 15 is 0 Å². The molecule has 6 heteroatoms. The first-order chi connectivity index (χ1) is 10.5. The van der Waals surface area contributed by atoms with Crippen LogP contribution in [0.5, 0.6) is 0 Å². The van der Waals surface area contributed by atoms with Gasteiger partial charge in [0.25, 0.3) is 0 Å². The van der Waals surface area contributed by atoms with Crippen molar-refractivity contribution in [1.29, 1.82) is 0 Å². The van der Waals surface area contributed by atoms with Crippen molar-refractivity contribution in [2.75, 3.05) is 0 Å². The largest absolute Gasteiger partial charge is 0.545 e. The third-order valence-corrected chi connectivity index (χ3v) is 4.54. The maximum absolute atomic E-state index is 11.4. The molecule has 22 heavy (non-hydrogen) atoms. The molecule has 0 bridgehead atoms. The van der Waals surface area contributed by atoms with E-state index in [0.717, 1.165) is 0 Å². The van der Waals surface area contributed by atoms with Gasteiger partial charge in [0.1, 0.15) is 0 Å².